The predicted molar refractivity (Wildman–Crippen MR) is 87.0 cm³/mol. The van der Waals surface area contributed by atoms with Gasteiger partial charge in [-0.2, -0.15) is 0 Å². The summed E-state index contributed by atoms with van der Waals surface area (Å²) in [5, 5.41) is 8.48. The van der Waals surface area contributed by atoms with Gasteiger partial charge in [-0.25, -0.2) is 13.6 Å². The lowest BCUT2D eigenvalue weighted by atomic mass is 10.1. The first-order valence-corrected chi connectivity index (χ1v) is 9.11. The molecule has 21 heavy (non-hydrogen) atoms. The normalized spacial score (nSPS) is 11.8. The van der Waals surface area contributed by atoms with E-state index in [0.29, 0.717) is 0 Å². The molecule has 0 saturated carbocycles. The van der Waals surface area contributed by atoms with Crippen molar-refractivity contribution in [1.82, 2.24) is 5.32 Å². The maximum absolute atomic E-state index is 11.2. The quantitative estimate of drug-likeness (QED) is 0.801. The molecule has 0 spiro atoms. The minimum absolute atomic E-state index is 0.156. The first kappa shape index (κ1) is 16.2. The van der Waals surface area contributed by atoms with Gasteiger partial charge in [-0.3, -0.25) is 0 Å². The van der Waals surface area contributed by atoms with Gasteiger partial charge in [0, 0.05) is 16.3 Å². The second kappa shape index (κ2) is 6.70. The Morgan fingerprint density at radius 3 is 2.38 bits per heavy atom. The van der Waals surface area contributed by atoms with Crippen LogP contribution in [0.15, 0.2) is 35.2 Å². The third kappa shape index (κ3) is 4.64. The Morgan fingerprint density at radius 2 is 1.86 bits per heavy atom. The summed E-state index contributed by atoms with van der Waals surface area (Å²) in [7, 11) is -3.60. The maximum atomic E-state index is 11.2. The molecule has 0 aliphatic rings. The largest absolute Gasteiger partial charge is 0.312 e. The molecular formula is C15H20N2O2S2. The molecule has 0 radical (unpaired) electrons. The van der Waals surface area contributed by atoms with Gasteiger partial charge in [-0.15, -0.1) is 11.3 Å². The van der Waals surface area contributed by atoms with Crippen molar-refractivity contribution in [2.45, 2.75) is 31.7 Å². The molecule has 0 aliphatic carbocycles. The average molecular weight is 324 g/mol. The zero-order valence-corrected chi connectivity index (χ0v) is 13.9. The number of hydrogen-bond acceptors (Lipinski definition) is 4. The molecule has 1 aromatic heterocycles. The van der Waals surface area contributed by atoms with Crippen LogP contribution in [-0.4, -0.2) is 15.0 Å². The number of rotatable bonds is 6. The van der Waals surface area contributed by atoms with Crippen molar-refractivity contribution in [3.63, 3.8) is 0 Å². The minimum Gasteiger partial charge on any atom is -0.312 e. The van der Waals surface area contributed by atoms with Crippen LogP contribution in [0.2, 0.25) is 0 Å². The van der Waals surface area contributed by atoms with Crippen LogP contribution in [0, 0.1) is 13.8 Å². The Kier molecular flexibility index (Phi) is 5.16. The molecular weight excluding hydrogens is 304 g/mol. The van der Waals surface area contributed by atoms with E-state index in [2.05, 4.69) is 25.2 Å². The molecule has 2 aromatic rings. The van der Waals surface area contributed by atoms with Crippen molar-refractivity contribution in [2.24, 2.45) is 5.14 Å². The fraction of sp³-hybridized carbons (Fsp3) is 0.333. The fourth-order valence-electron chi connectivity index (χ4n) is 2.16. The van der Waals surface area contributed by atoms with Gasteiger partial charge in [-0.05, 0) is 56.1 Å². The van der Waals surface area contributed by atoms with Crippen molar-refractivity contribution in [2.75, 3.05) is 6.54 Å². The van der Waals surface area contributed by atoms with Crippen molar-refractivity contribution in [3.8, 4) is 0 Å². The smallest absolute Gasteiger partial charge is 0.238 e. The lowest BCUT2D eigenvalue weighted by molar-refractivity contribution is 0.597. The van der Waals surface area contributed by atoms with E-state index in [-0.39, 0.29) is 4.90 Å². The average Bonchev–Trinajstić information content (AvgIpc) is 2.73. The molecule has 3 N–H and O–H groups in total. The Bertz CT molecular complexity index is 704. The molecule has 0 saturated heterocycles. The standard InChI is InChI=1S/C15H20N2O2S2/c1-11-9-14(12(2)20-11)10-17-8-7-13-3-5-15(6-4-13)21(16,18)19/h3-6,9,17H,7-8,10H2,1-2H3,(H2,16,18,19). The number of aryl methyl sites for hydroxylation is 2. The molecule has 1 heterocycles. The summed E-state index contributed by atoms with van der Waals surface area (Å²) in [5.41, 5.74) is 2.44. The van der Waals surface area contributed by atoms with E-state index in [1.165, 1.54) is 15.3 Å². The fourth-order valence-corrected chi connectivity index (χ4v) is 3.62. The Balaban J connectivity index is 1.82. The topological polar surface area (TPSA) is 72.2 Å². The van der Waals surface area contributed by atoms with Gasteiger partial charge in [0.15, 0.2) is 0 Å². The van der Waals surface area contributed by atoms with E-state index in [1.54, 1.807) is 24.3 Å². The van der Waals surface area contributed by atoms with Gasteiger partial charge in [0.25, 0.3) is 0 Å². The molecule has 114 valence electrons. The summed E-state index contributed by atoms with van der Waals surface area (Å²) in [6, 6.07) is 8.94. The van der Waals surface area contributed by atoms with Crippen molar-refractivity contribution >= 4 is 21.4 Å². The van der Waals surface area contributed by atoms with E-state index in [1.807, 2.05) is 11.3 Å². The highest BCUT2D eigenvalue weighted by Gasteiger charge is 2.06. The summed E-state index contributed by atoms with van der Waals surface area (Å²) in [6.07, 6.45) is 0.854. The lowest BCUT2D eigenvalue weighted by Gasteiger charge is -2.05. The van der Waals surface area contributed by atoms with Crippen LogP contribution in [0.4, 0.5) is 0 Å². The Morgan fingerprint density at radius 1 is 1.19 bits per heavy atom. The monoisotopic (exact) mass is 324 g/mol. The summed E-state index contributed by atoms with van der Waals surface area (Å²) in [4.78, 5) is 2.85. The number of sulfonamides is 1. The van der Waals surface area contributed by atoms with Crippen LogP contribution in [-0.2, 0) is 23.0 Å². The molecule has 0 atom stereocenters. The van der Waals surface area contributed by atoms with Crippen LogP contribution < -0.4 is 10.5 Å². The number of primary sulfonamides is 1. The van der Waals surface area contributed by atoms with E-state index < -0.39 is 10.0 Å². The number of nitrogens with one attached hydrogen (secondary N) is 1. The van der Waals surface area contributed by atoms with E-state index in [9.17, 15) is 8.42 Å². The maximum Gasteiger partial charge on any atom is 0.238 e. The molecule has 0 fully saturated rings. The summed E-state index contributed by atoms with van der Waals surface area (Å²) in [5.74, 6) is 0. The van der Waals surface area contributed by atoms with E-state index >= 15 is 0 Å². The van der Waals surface area contributed by atoms with Gasteiger partial charge in [0.2, 0.25) is 10.0 Å². The van der Waals surface area contributed by atoms with Crippen molar-refractivity contribution in [3.05, 3.63) is 51.2 Å². The zero-order valence-electron chi connectivity index (χ0n) is 12.2. The number of hydrogen-bond donors (Lipinski definition) is 2. The number of benzene rings is 1. The van der Waals surface area contributed by atoms with Gasteiger partial charge >= 0.3 is 0 Å². The number of nitrogens with two attached hydrogens (primary N) is 1. The van der Waals surface area contributed by atoms with Crippen LogP contribution in [0.5, 0.6) is 0 Å². The number of thiophene rings is 1. The molecule has 4 nitrogen and oxygen atoms in total. The third-order valence-electron chi connectivity index (χ3n) is 3.30. The van der Waals surface area contributed by atoms with E-state index in [4.69, 9.17) is 5.14 Å². The minimum atomic E-state index is -3.60. The van der Waals surface area contributed by atoms with Crippen LogP contribution in [0.3, 0.4) is 0 Å². The van der Waals surface area contributed by atoms with Crippen molar-refractivity contribution in [1.29, 1.82) is 0 Å². The van der Waals surface area contributed by atoms with Crippen LogP contribution in [0.1, 0.15) is 20.9 Å². The summed E-state index contributed by atoms with van der Waals surface area (Å²) >= 11 is 1.82. The summed E-state index contributed by atoms with van der Waals surface area (Å²) < 4.78 is 22.3. The van der Waals surface area contributed by atoms with Gasteiger partial charge in [-0.1, -0.05) is 12.1 Å². The first-order valence-electron chi connectivity index (χ1n) is 6.74. The van der Waals surface area contributed by atoms with Crippen LogP contribution >= 0.6 is 11.3 Å². The van der Waals surface area contributed by atoms with Gasteiger partial charge < -0.3 is 5.32 Å². The highest BCUT2D eigenvalue weighted by molar-refractivity contribution is 7.89. The molecule has 0 amide bonds. The molecule has 6 heteroatoms. The highest BCUT2D eigenvalue weighted by Crippen LogP contribution is 2.20. The van der Waals surface area contributed by atoms with Crippen LogP contribution in [0.25, 0.3) is 0 Å². The molecule has 0 bridgehead atoms. The summed E-state index contributed by atoms with van der Waals surface area (Å²) in [6.45, 7) is 5.98. The predicted octanol–water partition coefficient (Wildman–Crippen LogP) is 2.34. The molecule has 0 unspecified atom stereocenters. The highest BCUT2D eigenvalue weighted by atomic mass is 32.2. The first-order chi connectivity index (χ1) is 9.86. The van der Waals surface area contributed by atoms with Crippen molar-refractivity contribution < 1.29 is 8.42 Å². The Hall–Kier alpha value is -1.21. The van der Waals surface area contributed by atoms with E-state index in [0.717, 1.165) is 25.1 Å². The SMILES string of the molecule is Cc1cc(CNCCc2ccc(S(N)(=O)=O)cc2)c(C)s1. The molecule has 1 aromatic carbocycles. The lowest BCUT2D eigenvalue weighted by Crippen LogP contribution is -2.17. The second-order valence-electron chi connectivity index (χ2n) is 5.05. The van der Waals surface area contributed by atoms with Gasteiger partial charge in [0.1, 0.15) is 0 Å². The molecule has 0 aliphatic heterocycles. The second-order valence-corrected chi connectivity index (χ2v) is 8.08. The molecule has 2 rings (SSSR count). The Labute approximate surface area is 130 Å². The van der Waals surface area contributed by atoms with Gasteiger partial charge in [0.05, 0.1) is 4.90 Å². The zero-order chi connectivity index (χ0) is 15.5. The third-order valence-corrected chi connectivity index (χ3v) is 5.24.